The number of ether oxygens (including phenoxy) is 3. The third-order valence-corrected chi connectivity index (χ3v) is 9.26. The van der Waals surface area contributed by atoms with Gasteiger partial charge in [0.25, 0.3) is 0 Å². The van der Waals surface area contributed by atoms with Gasteiger partial charge >= 0.3 is 17.9 Å². The molecule has 4 aliphatic carbocycles. The Morgan fingerprint density at radius 3 is 2.34 bits per heavy atom. The summed E-state index contributed by atoms with van der Waals surface area (Å²) >= 11 is 0. The van der Waals surface area contributed by atoms with Crippen LogP contribution in [0.15, 0.2) is 11.6 Å². The summed E-state index contributed by atoms with van der Waals surface area (Å²) in [5, 5.41) is 0. The average Bonchev–Trinajstić information content (AvgIpc) is 2.98. The van der Waals surface area contributed by atoms with Crippen LogP contribution in [0.25, 0.3) is 0 Å². The molecule has 0 heterocycles. The van der Waals surface area contributed by atoms with Crippen molar-refractivity contribution in [2.24, 2.45) is 34.5 Å². The molecule has 0 unspecified atom stereocenters. The number of fused-ring (bicyclic) bond motifs is 5. The molecule has 0 aromatic carbocycles. The summed E-state index contributed by atoms with van der Waals surface area (Å²) in [7, 11) is 0. The summed E-state index contributed by atoms with van der Waals surface area (Å²) in [4.78, 5) is 34.9. The van der Waals surface area contributed by atoms with E-state index >= 15 is 0 Å². The van der Waals surface area contributed by atoms with Crippen LogP contribution in [0.3, 0.4) is 0 Å². The molecular formula is C26H38O6. The van der Waals surface area contributed by atoms with Gasteiger partial charge in [-0.05, 0) is 61.7 Å². The van der Waals surface area contributed by atoms with Crippen molar-refractivity contribution in [2.45, 2.75) is 91.8 Å². The minimum absolute atomic E-state index is 0.00479. The van der Waals surface area contributed by atoms with E-state index in [-0.39, 0.29) is 46.9 Å². The van der Waals surface area contributed by atoms with Gasteiger partial charge in [-0.3, -0.25) is 14.4 Å². The molecule has 0 spiro atoms. The number of allylic oxidation sites excluding steroid dienone is 1. The first-order valence-electron chi connectivity index (χ1n) is 12.2. The summed E-state index contributed by atoms with van der Waals surface area (Å²) < 4.78 is 16.8. The van der Waals surface area contributed by atoms with Crippen LogP contribution in [-0.4, -0.2) is 36.7 Å². The third-order valence-electron chi connectivity index (χ3n) is 9.26. The molecule has 0 amide bonds. The van der Waals surface area contributed by atoms with Crippen LogP contribution in [-0.2, 0) is 28.6 Å². The lowest BCUT2D eigenvalue weighted by atomic mass is 9.48. The lowest BCUT2D eigenvalue weighted by Gasteiger charge is -2.57. The largest absolute Gasteiger partial charge is 0.465 e. The maximum Gasteiger partial charge on any atom is 0.302 e. The number of rotatable bonds is 4. The highest BCUT2D eigenvalue weighted by molar-refractivity contribution is 5.67. The lowest BCUT2D eigenvalue weighted by molar-refractivity contribution is -0.162. The predicted octanol–water partition coefficient (Wildman–Crippen LogP) is 4.60. The van der Waals surface area contributed by atoms with Gasteiger partial charge in [-0.1, -0.05) is 25.5 Å². The molecule has 3 fully saturated rings. The summed E-state index contributed by atoms with van der Waals surface area (Å²) in [5.41, 5.74) is 1.52. The van der Waals surface area contributed by atoms with Crippen LogP contribution in [0.2, 0.25) is 0 Å². The van der Waals surface area contributed by atoms with E-state index in [1.54, 1.807) is 0 Å². The second-order valence-corrected chi connectivity index (χ2v) is 11.1. The molecule has 0 saturated heterocycles. The Hall–Kier alpha value is -1.85. The normalized spacial score (nSPS) is 42.6. The highest BCUT2D eigenvalue weighted by Gasteiger charge is 2.62. The van der Waals surface area contributed by atoms with Gasteiger partial charge in [0, 0.05) is 38.5 Å². The van der Waals surface area contributed by atoms with Gasteiger partial charge in [0.2, 0.25) is 0 Å². The van der Waals surface area contributed by atoms with Crippen molar-refractivity contribution >= 4 is 17.9 Å². The standard InChI is InChI=1S/C26H38O6/c1-15(27)30-14-18-12-23-21-7-6-19-13-20(31-16(2)28)8-10-25(19,4)22(21)9-11-26(23,5)24(18)32-17(3)29/h6,18,20-24H,7-14H2,1-5H3/t18-,20+,21-,22+,23+,24-,25+,26+/m1/s1. The maximum atomic E-state index is 12.0. The predicted molar refractivity (Wildman–Crippen MR) is 118 cm³/mol. The van der Waals surface area contributed by atoms with Crippen molar-refractivity contribution in [2.75, 3.05) is 6.61 Å². The SMILES string of the molecule is CC(=O)OC[C@H]1C[C@H]2[C@@H]3CC=C4C[C@@H](OC(C)=O)CC[C@]4(C)[C@H]3CC[C@]2(C)[C@@H]1OC(C)=O. The van der Waals surface area contributed by atoms with E-state index in [2.05, 4.69) is 19.9 Å². The minimum atomic E-state index is -0.285. The summed E-state index contributed by atoms with van der Waals surface area (Å²) in [6, 6.07) is 0. The summed E-state index contributed by atoms with van der Waals surface area (Å²) in [6.45, 7) is 9.42. The highest BCUT2D eigenvalue weighted by Crippen LogP contribution is 2.66. The monoisotopic (exact) mass is 446 g/mol. The first kappa shape index (κ1) is 23.3. The van der Waals surface area contributed by atoms with Gasteiger partial charge in [-0.15, -0.1) is 0 Å². The van der Waals surface area contributed by atoms with Crippen molar-refractivity contribution in [3.05, 3.63) is 11.6 Å². The second-order valence-electron chi connectivity index (χ2n) is 11.1. The summed E-state index contributed by atoms with van der Waals surface area (Å²) in [6.07, 6.45) is 9.12. The molecule has 3 saturated carbocycles. The van der Waals surface area contributed by atoms with Crippen molar-refractivity contribution in [1.29, 1.82) is 0 Å². The zero-order chi connectivity index (χ0) is 23.3. The van der Waals surface area contributed by atoms with Gasteiger partial charge < -0.3 is 14.2 Å². The number of carbonyl (C=O) groups is 3. The van der Waals surface area contributed by atoms with E-state index in [1.165, 1.54) is 26.3 Å². The zero-order valence-electron chi connectivity index (χ0n) is 20.1. The number of esters is 3. The molecule has 6 nitrogen and oxygen atoms in total. The van der Waals surface area contributed by atoms with E-state index in [4.69, 9.17) is 14.2 Å². The van der Waals surface area contributed by atoms with Gasteiger partial charge in [0.15, 0.2) is 0 Å². The quantitative estimate of drug-likeness (QED) is 0.357. The van der Waals surface area contributed by atoms with Crippen LogP contribution in [0.4, 0.5) is 0 Å². The Morgan fingerprint density at radius 2 is 1.69 bits per heavy atom. The molecule has 4 rings (SSSR count). The van der Waals surface area contributed by atoms with Gasteiger partial charge in [0.05, 0.1) is 6.61 Å². The Balaban J connectivity index is 1.58. The van der Waals surface area contributed by atoms with E-state index in [0.717, 1.165) is 44.9 Å². The fourth-order valence-electron chi connectivity index (χ4n) is 7.89. The van der Waals surface area contributed by atoms with Crippen LogP contribution < -0.4 is 0 Å². The molecule has 0 bridgehead atoms. The van der Waals surface area contributed by atoms with Crippen molar-refractivity contribution in [3.63, 3.8) is 0 Å². The van der Waals surface area contributed by atoms with Crippen LogP contribution in [0.5, 0.6) is 0 Å². The second kappa shape index (κ2) is 8.49. The fraction of sp³-hybridized carbons (Fsp3) is 0.808. The van der Waals surface area contributed by atoms with Gasteiger partial charge in [-0.2, -0.15) is 0 Å². The molecular weight excluding hydrogens is 408 g/mol. The fourth-order valence-corrected chi connectivity index (χ4v) is 7.89. The first-order valence-corrected chi connectivity index (χ1v) is 12.2. The number of hydrogen-bond donors (Lipinski definition) is 0. The molecule has 8 atom stereocenters. The Kier molecular flexibility index (Phi) is 6.19. The molecule has 0 N–H and O–H groups in total. The van der Waals surface area contributed by atoms with Crippen LogP contribution in [0.1, 0.15) is 79.6 Å². The third kappa shape index (κ3) is 3.99. The van der Waals surface area contributed by atoms with Crippen molar-refractivity contribution in [3.8, 4) is 0 Å². The number of hydrogen-bond acceptors (Lipinski definition) is 6. The van der Waals surface area contributed by atoms with Gasteiger partial charge in [0.1, 0.15) is 12.2 Å². The van der Waals surface area contributed by atoms with Crippen LogP contribution in [0, 0.1) is 34.5 Å². The lowest BCUT2D eigenvalue weighted by Crippen LogP contribution is -2.52. The average molecular weight is 447 g/mol. The molecule has 0 aromatic rings. The molecule has 6 heteroatoms. The van der Waals surface area contributed by atoms with E-state index in [1.807, 2.05) is 0 Å². The Bertz CT molecular complexity index is 817. The highest BCUT2D eigenvalue weighted by atomic mass is 16.6. The molecule has 0 radical (unpaired) electrons. The number of carbonyl (C=O) groups excluding carboxylic acids is 3. The molecule has 0 aliphatic heterocycles. The Labute approximate surface area is 191 Å². The van der Waals surface area contributed by atoms with Crippen molar-refractivity contribution in [1.82, 2.24) is 0 Å². The zero-order valence-corrected chi connectivity index (χ0v) is 20.1. The van der Waals surface area contributed by atoms with Crippen molar-refractivity contribution < 1.29 is 28.6 Å². The van der Waals surface area contributed by atoms with Gasteiger partial charge in [-0.25, -0.2) is 0 Å². The minimum Gasteiger partial charge on any atom is -0.465 e. The van der Waals surface area contributed by atoms with E-state index in [0.29, 0.717) is 24.4 Å². The van der Waals surface area contributed by atoms with E-state index < -0.39 is 0 Å². The molecule has 178 valence electrons. The maximum absolute atomic E-state index is 12.0. The van der Waals surface area contributed by atoms with E-state index in [9.17, 15) is 14.4 Å². The topological polar surface area (TPSA) is 78.9 Å². The summed E-state index contributed by atoms with van der Waals surface area (Å²) in [5.74, 6) is 0.877. The Morgan fingerprint density at radius 1 is 0.969 bits per heavy atom. The first-order chi connectivity index (χ1) is 15.0. The molecule has 0 aromatic heterocycles. The molecule has 32 heavy (non-hydrogen) atoms. The smallest absolute Gasteiger partial charge is 0.302 e. The van der Waals surface area contributed by atoms with Crippen LogP contribution >= 0.6 is 0 Å². The molecule has 4 aliphatic rings.